The monoisotopic (exact) mass is 336 g/mol. The molecule has 0 spiro atoms. The number of aliphatic hydroxyl groups is 1. The lowest BCUT2D eigenvalue weighted by Crippen LogP contribution is -2.17. The van der Waals surface area contributed by atoms with Crippen molar-refractivity contribution in [3.8, 4) is 5.75 Å². The van der Waals surface area contributed by atoms with Crippen LogP contribution >= 0.6 is 0 Å². The SMILES string of the molecule is CS(=O)(=O)OC(O)CCc1ccc(OCc2ccccc2)cc1. The van der Waals surface area contributed by atoms with Crippen LogP contribution in [0, 0.1) is 0 Å². The van der Waals surface area contributed by atoms with Gasteiger partial charge >= 0.3 is 0 Å². The molecule has 2 aromatic carbocycles. The van der Waals surface area contributed by atoms with E-state index in [4.69, 9.17) is 4.74 Å². The first-order valence-corrected chi connectivity index (χ1v) is 9.06. The van der Waals surface area contributed by atoms with Gasteiger partial charge in [0.25, 0.3) is 10.1 Å². The van der Waals surface area contributed by atoms with Crippen molar-refractivity contribution in [2.24, 2.45) is 0 Å². The standard InChI is InChI=1S/C17H20O5S/c1-23(19,20)22-17(18)12-9-14-7-10-16(11-8-14)21-13-15-5-3-2-4-6-15/h2-8,10-11,17-18H,9,12-13H2,1H3. The first-order valence-electron chi connectivity index (χ1n) is 7.24. The molecule has 1 atom stereocenters. The molecule has 0 aliphatic carbocycles. The van der Waals surface area contributed by atoms with Crippen LogP contribution in [0.5, 0.6) is 5.75 Å². The van der Waals surface area contributed by atoms with Crippen LogP contribution in [0.1, 0.15) is 17.5 Å². The number of rotatable bonds is 8. The van der Waals surface area contributed by atoms with E-state index in [-0.39, 0.29) is 6.42 Å². The topological polar surface area (TPSA) is 72.8 Å². The molecule has 0 radical (unpaired) electrons. The van der Waals surface area contributed by atoms with Gasteiger partial charge in [0.05, 0.1) is 6.26 Å². The van der Waals surface area contributed by atoms with Gasteiger partial charge in [-0.2, -0.15) is 8.42 Å². The zero-order valence-corrected chi connectivity index (χ0v) is 13.7. The molecule has 6 heteroatoms. The van der Waals surface area contributed by atoms with Crippen molar-refractivity contribution in [2.75, 3.05) is 6.26 Å². The van der Waals surface area contributed by atoms with Crippen LogP contribution in [-0.4, -0.2) is 26.1 Å². The van der Waals surface area contributed by atoms with Gasteiger partial charge < -0.3 is 9.84 Å². The molecular formula is C17H20O5S. The fourth-order valence-electron chi connectivity index (χ4n) is 2.03. The summed E-state index contributed by atoms with van der Waals surface area (Å²) in [6, 6.07) is 17.3. The molecule has 0 saturated heterocycles. The van der Waals surface area contributed by atoms with Gasteiger partial charge in [-0.05, 0) is 29.7 Å². The average Bonchev–Trinajstić information content (AvgIpc) is 2.51. The molecule has 0 aliphatic heterocycles. The van der Waals surface area contributed by atoms with E-state index in [2.05, 4.69) is 4.18 Å². The summed E-state index contributed by atoms with van der Waals surface area (Å²) < 4.78 is 31.9. The van der Waals surface area contributed by atoms with E-state index in [9.17, 15) is 13.5 Å². The molecule has 124 valence electrons. The fourth-order valence-corrected chi connectivity index (χ4v) is 2.53. The Bertz CT molecular complexity index is 696. The Hall–Kier alpha value is -1.89. The minimum Gasteiger partial charge on any atom is -0.489 e. The largest absolute Gasteiger partial charge is 0.489 e. The summed E-state index contributed by atoms with van der Waals surface area (Å²) in [5.74, 6) is 0.755. The van der Waals surface area contributed by atoms with Crippen molar-refractivity contribution in [3.63, 3.8) is 0 Å². The normalized spacial score (nSPS) is 12.8. The molecule has 1 unspecified atom stereocenters. The minimum atomic E-state index is -3.64. The predicted molar refractivity (Wildman–Crippen MR) is 87.5 cm³/mol. The Kier molecular flexibility index (Phi) is 6.15. The molecule has 23 heavy (non-hydrogen) atoms. The molecule has 1 N–H and O–H groups in total. The summed E-state index contributed by atoms with van der Waals surface area (Å²) in [6.45, 7) is 0.501. The van der Waals surface area contributed by atoms with E-state index in [0.29, 0.717) is 13.0 Å². The lowest BCUT2D eigenvalue weighted by molar-refractivity contribution is -0.0165. The quantitative estimate of drug-likeness (QED) is 0.592. The molecule has 0 aliphatic rings. The van der Waals surface area contributed by atoms with Crippen LogP contribution in [0.3, 0.4) is 0 Å². The van der Waals surface area contributed by atoms with E-state index in [1.165, 1.54) is 0 Å². The highest BCUT2D eigenvalue weighted by atomic mass is 32.2. The zero-order valence-electron chi connectivity index (χ0n) is 12.9. The number of ether oxygens (including phenoxy) is 1. The molecular weight excluding hydrogens is 316 g/mol. The van der Waals surface area contributed by atoms with Crippen LogP contribution in [0.25, 0.3) is 0 Å². The summed E-state index contributed by atoms with van der Waals surface area (Å²) in [5, 5.41) is 9.48. The Morgan fingerprint density at radius 3 is 2.26 bits per heavy atom. The molecule has 0 fully saturated rings. The maximum atomic E-state index is 10.9. The summed E-state index contributed by atoms with van der Waals surface area (Å²) in [6.07, 6.45) is 0.307. The number of hydrogen-bond donors (Lipinski definition) is 1. The van der Waals surface area contributed by atoms with Crippen LogP contribution in [-0.2, 0) is 27.3 Å². The van der Waals surface area contributed by atoms with E-state index >= 15 is 0 Å². The lowest BCUT2D eigenvalue weighted by Gasteiger charge is -2.10. The molecule has 0 aromatic heterocycles. The third-order valence-corrected chi connectivity index (χ3v) is 3.71. The number of benzene rings is 2. The molecule has 0 heterocycles. The summed E-state index contributed by atoms with van der Waals surface area (Å²) in [4.78, 5) is 0. The first-order chi connectivity index (χ1) is 10.9. The van der Waals surface area contributed by atoms with Crippen molar-refractivity contribution in [1.82, 2.24) is 0 Å². The first kappa shape index (κ1) is 17.5. The van der Waals surface area contributed by atoms with E-state index in [1.807, 2.05) is 54.6 Å². The van der Waals surface area contributed by atoms with Gasteiger partial charge in [-0.15, -0.1) is 0 Å². The maximum Gasteiger partial charge on any atom is 0.266 e. The predicted octanol–water partition coefficient (Wildman–Crippen LogP) is 2.49. The van der Waals surface area contributed by atoms with E-state index in [1.54, 1.807) is 0 Å². The van der Waals surface area contributed by atoms with Crippen molar-refractivity contribution >= 4 is 10.1 Å². The zero-order chi connectivity index (χ0) is 16.7. The summed E-state index contributed by atoms with van der Waals surface area (Å²) in [7, 11) is -3.64. The Morgan fingerprint density at radius 1 is 1.00 bits per heavy atom. The second-order valence-corrected chi connectivity index (χ2v) is 6.81. The highest BCUT2D eigenvalue weighted by molar-refractivity contribution is 7.86. The molecule has 2 aromatic rings. The van der Waals surface area contributed by atoms with Gasteiger partial charge in [-0.3, -0.25) is 0 Å². The molecule has 2 rings (SSSR count). The molecule has 0 bridgehead atoms. The second-order valence-electron chi connectivity index (χ2n) is 5.21. The molecule has 0 amide bonds. The smallest absolute Gasteiger partial charge is 0.266 e. The average molecular weight is 336 g/mol. The fraction of sp³-hybridized carbons (Fsp3) is 0.294. The van der Waals surface area contributed by atoms with Crippen LogP contribution in [0.4, 0.5) is 0 Å². The molecule has 5 nitrogen and oxygen atoms in total. The van der Waals surface area contributed by atoms with Gasteiger partial charge in [0.1, 0.15) is 12.4 Å². The third-order valence-electron chi connectivity index (χ3n) is 3.14. The Labute approximate surface area is 136 Å². The van der Waals surface area contributed by atoms with Crippen molar-refractivity contribution in [3.05, 3.63) is 65.7 Å². The van der Waals surface area contributed by atoms with Gasteiger partial charge in [-0.25, -0.2) is 4.18 Å². The molecule has 0 saturated carbocycles. The van der Waals surface area contributed by atoms with Crippen LogP contribution in [0.15, 0.2) is 54.6 Å². The summed E-state index contributed by atoms with van der Waals surface area (Å²) in [5.41, 5.74) is 2.06. The van der Waals surface area contributed by atoms with Gasteiger partial charge in [0.15, 0.2) is 6.29 Å². The summed E-state index contributed by atoms with van der Waals surface area (Å²) >= 11 is 0. The number of hydrogen-bond acceptors (Lipinski definition) is 5. The second kappa shape index (κ2) is 8.10. The van der Waals surface area contributed by atoms with E-state index < -0.39 is 16.4 Å². The Balaban J connectivity index is 1.80. The number of aryl methyl sites for hydroxylation is 1. The van der Waals surface area contributed by atoms with Crippen molar-refractivity contribution in [1.29, 1.82) is 0 Å². The third kappa shape index (κ3) is 6.81. The maximum absolute atomic E-state index is 10.9. The van der Waals surface area contributed by atoms with Gasteiger partial charge in [0.2, 0.25) is 0 Å². The minimum absolute atomic E-state index is 0.206. The number of aliphatic hydroxyl groups excluding tert-OH is 1. The van der Waals surface area contributed by atoms with Crippen LogP contribution in [0.2, 0.25) is 0 Å². The highest BCUT2D eigenvalue weighted by Crippen LogP contribution is 2.16. The Morgan fingerprint density at radius 2 is 1.65 bits per heavy atom. The van der Waals surface area contributed by atoms with Gasteiger partial charge in [0, 0.05) is 6.42 Å². The van der Waals surface area contributed by atoms with Crippen molar-refractivity contribution in [2.45, 2.75) is 25.7 Å². The van der Waals surface area contributed by atoms with Gasteiger partial charge in [-0.1, -0.05) is 42.5 Å². The van der Waals surface area contributed by atoms with Crippen LogP contribution < -0.4 is 4.74 Å². The van der Waals surface area contributed by atoms with Crippen molar-refractivity contribution < 1.29 is 22.4 Å². The highest BCUT2D eigenvalue weighted by Gasteiger charge is 2.11. The van der Waals surface area contributed by atoms with E-state index in [0.717, 1.165) is 23.1 Å². The lowest BCUT2D eigenvalue weighted by atomic mass is 10.1.